The van der Waals surface area contributed by atoms with Crippen LogP contribution in [0.2, 0.25) is 5.02 Å². The van der Waals surface area contributed by atoms with Gasteiger partial charge in [0.05, 0.1) is 11.3 Å². The van der Waals surface area contributed by atoms with Gasteiger partial charge in [-0.15, -0.1) is 0 Å². The van der Waals surface area contributed by atoms with Gasteiger partial charge < -0.3 is 20.9 Å². The van der Waals surface area contributed by atoms with Crippen molar-refractivity contribution in [1.29, 1.82) is 0 Å². The zero-order valence-corrected chi connectivity index (χ0v) is 18.6. The SMILES string of the molecule is Cc1cc(NC(=O)c2ccccc2Nc2cccc(Cl)c2C)ccc1N1CCNCC1. The van der Waals surface area contributed by atoms with Gasteiger partial charge in [-0.25, -0.2) is 0 Å². The number of anilines is 4. The van der Waals surface area contributed by atoms with Crippen LogP contribution in [-0.4, -0.2) is 32.1 Å². The molecule has 160 valence electrons. The van der Waals surface area contributed by atoms with Gasteiger partial charge in [-0.1, -0.05) is 29.8 Å². The molecule has 1 aliphatic rings. The van der Waals surface area contributed by atoms with Gasteiger partial charge in [0.2, 0.25) is 0 Å². The Labute approximate surface area is 188 Å². The van der Waals surface area contributed by atoms with Gasteiger partial charge in [0.1, 0.15) is 0 Å². The number of aryl methyl sites for hydroxylation is 1. The van der Waals surface area contributed by atoms with Crippen LogP contribution in [0.1, 0.15) is 21.5 Å². The summed E-state index contributed by atoms with van der Waals surface area (Å²) in [6, 6.07) is 19.3. The van der Waals surface area contributed by atoms with E-state index in [1.165, 1.54) is 5.69 Å². The minimum absolute atomic E-state index is 0.155. The van der Waals surface area contributed by atoms with Crippen LogP contribution in [0.15, 0.2) is 60.7 Å². The summed E-state index contributed by atoms with van der Waals surface area (Å²) in [5.41, 5.74) is 6.29. The predicted octanol–water partition coefficient (Wildman–Crippen LogP) is 5.36. The number of hydrogen-bond acceptors (Lipinski definition) is 4. The summed E-state index contributed by atoms with van der Waals surface area (Å²) in [4.78, 5) is 15.5. The van der Waals surface area contributed by atoms with E-state index in [-0.39, 0.29) is 5.91 Å². The molecule has 3 aromatic rings. The summed E-state index contributed by atoms with van der Waals surface area (Å²) in [5.74, 6) is -0.155. The first-order valence-electron chi connectivity index (χ1n) is 10.5. The van der Waals surface area contributed by atoms with E-state index in [9.17, 15) is 4.79 Å². The highest BCUT2D eigenvalue weighted by Crippen LogP contribution is 2.29. The summed E-state index contributed by atoms with van der Waals surface area (Å²) in [5, 5.41) is 10.5. The van der Waals surface area contributed by atoms with E-state index < -0.39 is 0 Å². The van der Waals surface area contributed by atoms with Crippen LogP contribution in [0.3, 0.4) is 0 Å². The maximum atomic E-state index is 13.1. The van der Waals surface area contributed by atoms with Crippen LogP contribution in [0.25, 0.3) is 0 Å². The Hall–Kier alpha value is -3.02. The average molecular weight is 435 g/mol. The molecule has 31 heavy (non-hydrogen) atoms. The molecule has 0 atom stereocenters. The Morgan fingerprint density at radius 2 is 1.71 bits per heavy atom. The highest BCUT2D eigenvalue weighted by atomic mass is 35.5. The third-order valence-electron chi connectivity index (χ3n) is 5.62. The number of carbonyl (C=O) groups excluding carboxylic acids is 1. The fourth-order valence-electron chi connectivity index (χ4n) is 3.87. The van der Waals surface area contributed by atoms with Crippen molar-refractivity contribution in [3.8, 4) is 0 Å². The number of nitrogens with one attached hydrogen (secondary N) is 3. The van der Waals surface area contributed by atoms with E-state index in [4.69, 9.17) is 11.6 Å². The van der Waals surface area contributed by atoms with E-state index in [0.29, 0.717) is 10.6 Å². The second-order valence-corrected chi connectivity index (χ2v) is 8.18. The van der Waals surface area contributed by atoms with Crippen molar-refractivity contribution in [2.24, 2.45) is 0 Å². The molecule has 1 amide bonds. The lowest BCUT2D eigenvalue weighted by Crippen LogP contribution is -2.43. The lowest BCUT2D eigenvalue weighted by Gasteiger charge is -2.30. The van der Waals surface area contributed by atoms with Crippen LogP contribution >= 0.6 is 11.6 Å². The van der Waals surface area contributed by atoms with Gasteiger partial charge in [-0.3, -0.25) is 4.79 Å². The summed E-state index contributed by atoms with van der Waals surface area (Å²) in [6.45, 7) is 8.02. The summed E-state index contributed by atoms with van der Waals surface area (Å²) < 4.78 is 0. The zero-order valence-electron chi connectivity index (χ0n) is 17.8. The smallest absolute Gasteiger partial charge is 0.257 e. The monoisotopic (exact) mass is 434 g/mol. The molecule has 0 unspecified atom stereocenters. The number of para-hydroxylation sites is 1. The Balaban J connectivity index is 1.53. The number of halogens is 1. The number of piperazine rings is 1. The first-order chi connectivity index (χ1) is 15.0. The molecule has 4 rings (SSSR count). The number of carbonyl (C=O) groups is 1. The van der Waals surface area contributed by atoms with Gasteiger partial charge in [0.15, 0.2) is 0 Å². The van der Waals surface area contributed by atoms with Crippen molar-refractivity contribution in [2.75, 3.05) is 41.7 Å². The molecule has 5 nitrogen and oxygen atoms in total. The van der Waals surface area contributed by atoms with Gasteiger partial charge in [-0.2, -0.15) is 0 Å². The van der Waals surface area contributed by atoms with Crippen molar-refractivity contribution >= 4 is 40.3 Å². The molecule has 0 bridgehead atoms. The molecule has 1 aliphatic heterocycles. The van der Waals surface area contributed by atoms with Crippen molar-refractivity contribution in [3.63, 3.8) is 0 Å². The molecule has 3 N–H and O–H groups in total. The maximum absolute atomic E-state index is 13.1. The molecule has 0 spiro atoms. The molecule has 1 heterocycles. The van der Waals surface area contributed by atoms with Crippen molar-refractivity contribution in [2.45, 2.75) is 13.8 Å². The highest BCUT2D eigenvalue weighted by molar-refractivity contribution is 6.31. The van der Waals surface area contributed by atoms with Crippen LogP contribution < -0.4 is 20.9 Å². The molecule has 0 radical (unpaired) electrons. The van der Waals surface area contributed by atoms with Crippen LogP contribution in [-0.2, 0) is 0 Å². The average Bonchev–Trinajstić information content (AvgIpc) is 2.78. The molecule has 0 saturated carbocycles. The molecule has 3 aromatic carbocycles. The van der Waals surface area contributed by atoms with Crippen molar-refractivity contribution in [1.82, 2.24) is 5.32 Å². The number of hydrogen-bond donors (Lipinski definition) is 3. The minimum atomic E-state index is -0.155. The van der Waals surface area contributed by atoms with Crippen LogP contribution in [0.5, 0.6) is 0 Å². The first kappa shape index (κ1) is 21.2. The predicted molar refractivity (Wildman–Crippen MR) is 130 cm³/mol. The van der Waals surface area contributed by atoms with Gasteiger partial charge in [0, 0.05) is 48.3 Å². The summed E-state index contributed by atoms with van der Waals surface area (Å²) in [7, 11) is 0. The Kier molecular flexibility index (Phi) is 6.44. The number of nitrogens with zero attached hydrogens (tertiary/aromatic N) is 1. The van der Waals surface area contributed by atoms with E-state index in [1.54, 1.807) is 0 Å². The van der Waals surface area contributed by atoms with Crippen molar-refractivity contribution in [3.05, 3.63) is 82.4 Å². The third-order valence-corrected chi connectivity index (χ3v) is 6.03. The zero-order chi connectivity index (χ0) is 21.8. The van der Waals surface area contributed by atoms with Gasteiger partial charge >= 0.3 is 0 Å². The summed E-state index contributed by atoms with van der Waals surface area (Å²) in [6.07, 6.45) is 0. The van der Waals surface area contributed by atoms with Crippen LogP contribution in [0, 0.1) is 13.8 Å². The van der Waals surface area contributed by atoms with E-state index in [1.807, 2.05) is 61.5 Å². The van der Waals surface area contributed by atoms with Gasteiger partial charge in [-0.05, 0) is 67.4 Å². The minimum Gasteiger partial charge on any atom is -0.369 e. The molecule has 6 heteroatoms. The Morgan fingerprint density at radius 3 is 2.48 bits per heavy atom. The molecule has 1 fully saturated rings. The topological polar surface area (TPSA) is 56.4 Å². The quantitative estimate of drug-likeness (QED) is 0.505. The maximum Gasteiger partial charge on any atom is 0.257 e. The normalized spacial score (nSPS) is 13.7. The fourth-order valence-corrected chi connectivity index (χ4v) is 4.04. The lowest BCUT2D eigenvalue weighted by molar-refractivity contribution is 0.102. The van der Waals surface area contributed by atoms with E-state index >= 15 is 0 Å². The molecular weight excluding hydrogens is 408 g/mol. The summed E-state index contributed by atoms with van der Waals surface area (Å²) >= 11 is 6.25. The Bertz CT molecular complexity index is 1090. The van der Waals surface area contributed by atoms with Gasteiger partial charge in [0.25, 0.3) is 5.91 Å². The molecular formula is C25H27ClN4O. The second-order valence-electron chi connectivity index (χ2n) is 7.78. The molecule has 1 saturated heterocycles. The number of rotatable bonds is 5. The largest absolute Gasteiger partial charge is 0.369 e. The second kappa shape index (κ2) is 9.41. The standard InChI is InChI=1S/C25H27ClN4O/c1-17-16-19(10-11-24(17)30-14-12-27-13-15-30)28-25(31)20-6-3-4-8-23(20)29-22-9-5-7-21(26)18(22)2/h3-11,16,27,29H,12-15H2,1-2H3,(H,28,31). The first-order valence-corrected chi connectivity index (χ1v) is 10.9. The lowest BCUT2D eigenvalue weighted by atomic mass is 10.1. The fraction of sp³-hybridized carbons (Fsp3) is 0.240. The van der Waals surface area contributed by atoms with E-state index in [2.05, 4.69) is 33.8 Å². The molecule has 0 aromatic heterocycles. The number of benzene rings is 3. The Morgan fingerprint density at radius 1 is 0.968 bits per heavy atom. The van der Waals surface area contributed by atoms with E-state index in [0.717, 1.165) is 54.4 Å². The van der Waals surface area contributed by atoms with Crippen LogP contribution in [0.4, 0.5) is 22.7 Å². The molecule has 0 aliphatic carbocycles. The number of amides is 1. The van der Waals surface area contributed by atoms with Crippen molar-refractivity contribution < 1.29 is 4.79 Å². The highest BCUT2D eigenvalue weighted by Gasteiger charge is 2.15. The third kappa shape index (κ3) is 4.84.